The van der Waals surface area contributed by atoms with Crippen LogP contribution >= 0.6 is 23.4 Å². The van der Waals surface area contributed by atoms with Crippen molar-refractivity contribution in [1.29, 1.82) is 0 Å². The molecular formula is C12H14ClNO3S. The van der Waals surface area contributed by atoms with Gasteiger partial charge >= 0.3 is 5.97 Å². The zero-order valence-electron chi connectivity index (χ0n) is 10.1. The average molecular weight is 288 g/mol. The summed E-state index contributed by atoms with van der Waals surface area (Å²) in [5.41, 5.74) is 0.145. The molecule has 0 spiro atoms. The Kier molecular flexibility index (Phi) is 5.50. The number of amides is 1. The number of hydrogen-bond donors (Lipinski definition) is 2. The van der Waals surface area contributed by atoms with Crippen molar-refractivity contribution >= 4 is 40.9 Å². The molecule has 1 rings (SSSR count). The molecule has 0 bridgehead atoms. The lowest BCUT2D eigenvalue weighted by Crippen LogP contribution is -2.17. The molecule has 0 saturated heterocycles. The van der Waals surface area contributed by atoms with Gasteiger partial charge in [0.25, 0.3) is 0 Å². The van der Waals surface area contributed by atoms with Crippen LogP contribution < -0.4 is 5.32 Å². The van der Waals surface area contributed by atoms with Gasteiger partial charge < -0.3 is 10.4 Å². The van der Waals surface area contributed by atoms with Crippen LogP contribution in [0.25, 0.3) is 0 Å². The summed E-state index contributed by atoms with van der Waals surface area (Å²) in [5.74, 6) is -1.12. The Bertz CT molecular complexity index is 463. The van der Waals surface area contributed by atoms with Crippen LogP contribution in [0, 0.1) is 0 Å². The Labute approximate surface area is 115 Å². The number of carboxylic acid groups (broad SMARTS) is 1. The molecule has 2 N–H and O–H groups in total. The van der Waals surface area contributed by atoms with Crippen LogP contribution in [0.4, 0.5) is 5.69 Å². The number of rotatable bonds is 5. The lowest BCUT2D eigenvalue weighted by Gasteiger charge is -2.10. The Morgan fingerprint density at radius 3 is 2.67 bits per heavy atom. The number of halogens is 1. The number of nitrogens with one attached hydrogen (secondary N) is 1. The number of thioether (sulfide) groups is 1. The number of carbonyl (C=O) groups excluding carboxylic acids is 1. The quantitative estimate of drug-likeness (QED) is 0.873. The van der Waals surface area contributed by atoms with Crippen LogP contribution in [0.2, 0.25) is 5.02 Å². The third-order valence-corrected chi connectivity index (χ3v) is 3.47. The van der Waals surface area contributed by atoms with Crippen molar-refractivity contribution in [1.82, 2.24) is 0 Å². The second-order valence-corrected chi connectivity index (χ2v) is 5.85. The van der Waals surface area contributed by atoms with Gasteiger partial charge in [-0.05, 0) is 17.4 Å². The van der Waals surface area contributed by atoms with E-state index in [1.54, 1.807) is 6.07 Å². The molecule has 98 valence electrons. The molecule has 0 aliphatic carbocycles. The summed E-state index contributed by atoms with van der Waals surface area (Å²) in [5, 5.41) is 12.1. The van der Waals surface area contributed by atoms with E-state index < -0.39 is 5.97 Å². The number of anilines is 1. The van der Waals surface area contributed by atoms with E-state index in [9.17, 15) is 9.59 Å². The van der Waals surface area contributed by atoms with E-state index in [1.165, 1.54) is 23.9 Å². The fourth-order valence-corrected chi connectivity index (χ4v) is 2.03. The van der Waals surface area contributed by atoms with Gasteiger partial charge in [-0.3, -0.25) is 4.79 Å². The van der Waals surface area contributed by atoms with Gasteiger partial charge in [0.05, 0.1) is 22.0 Å². The molecule has 0 saturated carbocycles. The molecule has 1 aromatic rings. The van der Waals surface area contributed by atoms with Crippen LogP contribution in [0.5, 0.6) is 0 Å². The Morgan fingerprint density at radius 1 is 1.44 bits per heavy atom. The molecule has 0 radical (unpaired) electrons. The number of carboxylic acids is 1. The van der Waals surface area contributed by atoms with Gasteiger partial charge in [0.15, 0.2) is 0 Å². The number of benzene rings is 1. The molecule has 0 fully saturated rings. The van der Waals surface area contributed by atoms with Crippen LogP contribution in [0.3, 0.4) is 0 Å². The van der Waals surface area contributed by atoms with E-state index in [1.807, 2.05) is 13.8 Å². The van der Waals surface area contributed by atoms with E-state index in [4.69, 9.17) is 16.7 Å². The molecule has 4 nitrogen and oxygen atoms in total. The summed E-state index contributed by atoms with van der Waals surface area (Å²) in [4.78, 5) is 22.7. The average Bonchev–Trinajstić information content (AvgIpc) is 2.28. The van der Waals surface area contributed by atoms with Gasteiger partial charge in [-0.2, -0.15) is 0 Å². The largest absolute Gasteiger partial charge is 0.478 e. The Morgan fingerprint density at radius 2 is 2.11 bits per heavy atom. The van der Waals surface area contributed by atoms with Crippen molar-refractivity contribution in [2.75, 3.05) is 11.1 Å². The molecule has 0 unspecified atom stereocenters. The first-order valence-electron chi connectivity index (χ1n) is 5.35. The van der Waals surface area contributed by atoms with E-state index in [0.29, 0.717) is 5.25 Å². The first kappa shape index (κ1) is 14.9. The number of hydrogen-bond acceptors (Lipinski definition) is 3. The topological polar surface area (TPSA) is 66.4 Å². The number of para-hydroxylation sites is 1. The van der Waals surface area contributed by atoms with Gasteiger partial charge in [-0.15, -0.1) is 11.8 Å². The highest BCUT2D eigenvalue weighted by molar-refractivity contribution is 8.00. The Hall–Kier alpha value is -1.20. The zero-order chi connectivity index (χ0) is 13.7. The molecule has 0 aliphatic rings. The molecule has 0 heterocycles. The van der Waals surface area contributed by atoms with Gasteiger partial charge in [-0.1, -0.05) is 31.5 Å². The van der Waals surface area contributed by atoms with Crippen LogP contribution in [0.15, 0.2) is 18.2 Å². The molecule has 1 amide bonds. The standard InChI is InChI=1S/C12H14ClNO3S/c1-7(2)18-6-10(15)14-11-8(12(16)17)4-3-5-9(11)13/h3-5,7H,6H2,1-2H3,(H,14,15)(H,16,17). The monoisotopic (exact) mass is 287 g/mol. The fourth-order valence-electron chi connectivity index (χ4n) is 1.25. The van der Waals surface area contributed by atoms with E-state index in [2.05, 4.69) is 5.32 Å². The van der Waals surface area contributed by atoms with Gasteiger partial charge in [0, 0.05) is 0 Å². The summed E-state index contributed by atoms with van der Waals surface area (Å²) in [6.07, 6.45) is 0. The van der Waals surface area contributed by atoms with Crippen LogP contribution in [-0.2, 0) is 4.79 Å². The van der Waals surface area contributed by atoms with E-state index in [-0.39, 0.29) is 27.9 Å². The smallest absolute Gasteiger partial charge is 0.337 e. The highest BCUT2D eigenvalue weighted by Gasteiger charge is 2.15. The zero-order valence-corrected chi connectivity index (χ0v) is 11.6. The minimum absolute atomic E-state index is 0.00889. The summed E-state index contributed by atoms with van der Waals surface area (Å²) in [6, 6.07) is 4.48. The highest BCUT2D eigenvalue weighted by atomic mass is 35.5. The van der Waals surface area contributed by atoms with Gasteiger partial charge in [-0.25, -0.2) is 4.79 Å². The maximum absolute atomic E-state index is 11.7. The van der Waals surface area contributed by atoms with Crippen molar-refractivity contribution < 1.29 is 14.7 Å². The Balaban J connectivity index is 2.83. The second kappa shape index (κ2) is 6.66. The predicted octanol–water partition coefficient (Wildman–Crippen LogP) is 3.12. The van der Waals surface area contributed by atoms with Crippen molar-refractivity contribution in [2.24, 2.45) is 0 Å². The molecule has 6 heteroatoms. The molecule has 18 heavy (non-hydrogen) atoms. The highest BCUT2D eigenvalue weighted by Crippen LogP contribution is 2.26. The maximum Gasteiger partial charge on any atom is 0.337 e. The molecule has 0 aromatic heterocycles. The second-order valence-electron chi connectivity index (χ2n) is 3.88. The number of carbonyl (C=O) groups is 2. The summed E-state index contributed by atoms with van der Waals surface area (Å²) in [6.45, 7) is 3.96. The first-order chi connectivity index (χ1) is 8.41. The van der Waals surface area contributed by atoms with Crippen molar-refractivity contribution in [3.05, 3.63) is 28.8 Å². The normalized spacial score (nSPS) is 10.4. The lowest BCUT2D eigenvalue weighted by atomic mass is 10.2. The summed E-state index contributed by atoms with van der Waals surface area (Å²) < 4.78 is 0. The molecular weight excluding hydrogens is 274 g/mol. The van der Waals surface area contributed by atoms with Gasteiger partial charge in [0.2, 0.25) is 5.91 Å². The third kappa shape index (κ3) is 4.23. The minimum atomic E-state index is -1.12. The maximum atomic E-state index is 11.7. The van der Waals surface area contributed by atoms with E-state index >= 15 is 0 Å². The van der Waals surface area contributed by atoms with Crippen LogP contribution in [-0.4, -0.2) is 28.0 Å². The fraction of sp³-hybridized carbons (Fsp3) is 0.333. The van der Waals surface area contributed by atoms with E-state index in [0.717, 1.165) is 0 Å². The number of aromatic carboxylic acids is 1. The first-order valence-corrected chi connectivity index (χ1v) is 6.77. The molecule has 0 atom stereocenters. The molecule has 0 aliphatic heterocycles. The predicted molar refractivity (Wildman–Crippen MR) is 74.6 cm³/mol. The van der Waals surface area contributed by atoms with Crippen molar-refractivity contribution in [3.8, 4) is 0 Å². The van der Waals surface area contributed by atoms with Crippen LogP contribution in [0.1, 0.15) is 24.2 Å². The third-order valence-electron chi connectivity index (χ3n) is 2.06. The van der Waals surface area contributed by atoms with Crippen molar-refractivity contribution in [3.63, 3.8) is 0 Å². The summed E-state index contributed by atoms with van der Waals surface area (Å²) in [7, 11) is 0. The van der Waals surface area contributed by atoms with Crippen molar-refractivity contribution in [2.45, 2.75) is 19.1 Å². The molecule has 1 aromatic carbocycles. The summed E-state index contributed by atoms with van der Waals surface area (Å²) >= 11 is 7.37. The SMILES string of the molecule is CC(C)SCC(=O)Nc1c(Cl)cccc1C(=O)O. The lowest BCUT2D eigenvalue weighted by molar-refractivity contribution is -0.113. The van der Waals surface area contributed by atoms with Gasteiger partial charge in [0.1, 0.15) is 0 Å². The minimum Gasteiger partial charge on any atom is -0.478 e.